The van der Waals surface area contributed by atoms with E-state index in [9.17, 15) is 0 Å². The van der Waals surface area contributed by atoms with E-state index in [2.05, 4.69) is 16.4 Å². The Bertz CT molecular complexity index is 390. The number of ether oxygens (including phenoxy) is 1. The second-order valence-corrected chi connectivity index (χ2v) is 4.60. The van der Waals surface area contributed by atoms with Gasteiger partial charge in [-0.25, -0.2) is 4.98 Å². The van der Waals surface area contributed by atoms with E-state index in [-0.39, 0.29) is 0 Å². The summed E-state index contributed by atoms with van der Waals surface area (Å²) < 4.78 is 5.58. The Labute approximate surface area is 108 Å². The highest BCUT2D eigenvalue weighted by atomic mass is 16.5. The Morgan fingerprint density at radius 1 is 1.44 bits per heavy atom. The molecule has 0 bridgehead atoms. The number of aromatic nitrogens is 1. The van der Waals surface area contributed by atoms with Crippen LogP contribution in [0.25, 0.3) is 0 Å². The molecule has 1 unspecified atom stereocenters. The smallest absolute Gasteiger partial charge is 0.125 e. The summed E-state index contributed by atoms with van der Waals surface area (Å²) in [5.74, 6) is 0.839. The lowest BCUT2D eigenvalue weighted by molar-refractivity contribution is 0.102. The molecular formula is C14H19N3O. The summed E-state index contributed by atoms with van der Waals surface area (Å²) in [6, 6.07) is 5.68. The lowest BCUT2D eigenvalue weighted by atomic mass is 10.1. The van der Waals surface area contributed by atoms with Gasteiger partial charge in [0.15, 0.2) is 0 Å². The van der Waals surface area contributed by atoms with Gasteiger partial charge in [-0.2, -0.15) is 5.26 Å². The average Bonchev–Trinajstić information content (AvgIpc) is 2.92. The van der Waals surface area contributed by atoms with Crippen LogP contribution in [-0.2, 0) is 4.74 Å². The number of anilines is 1. The number of nitrogens with zero attached hydrogens (tertiary/aromatic N) is 2. The van der Waals surface area contributed by atoms with Crippen molar-refractivity contribution >= 4 is 5.82 Å². The second-order valence-electron chi connectivity index (χ2n) is 4.60. The summed E-state index contributed by atoms with van der Waals surface area (Å²) in [6.45, 7) is 1.86. The zero-order valence-electron chi connectivity index (χ0n) is 10.6. The Morgan fingerprint density at radius 2 is 2.39 bits per heavy atom. The van der Waals surface area contributed by atoms with Gasteiger partial charge < -0.3 is 10.1 Å². The van der Waals surface area contributed by atoms with Gasteiger partial charge >= 0.3 is 0 Å². The average molecular weight is 245 g/mol. The molecule has 2 heterocycles. The number of hydrogen-bond donors (Lipinski definition) is 1. The van der Waals surface area contributed by atoms with Crippen LogP contribution in [0.3, 0.4) is 0 Å². The molecule has 2 rings (SSSR count). The van der Waals surface area contributed by atoms with Gasteiger partial charge in [0.05, 0.1) is 11.7 Å². The summed E-state index contributed by atoms with van der Waals surface area (Å²) in [5.41, 5.74) is 0.596. The highest BCUT2D eigenvalue weighted by Gasteiger charge is 2.14. The quantitative estimate of drug-likeness (QED) is 0.783. The van der Waals surface area contributed by atoms with Gasteiger partial charge in [-0.15, -0.1) is 0 Å². The molecule has 18 heavy (non-hydrogen) atoms. The van der Waals surface area contributed by atoms with Gasteiger partial charge in [-0.05, 0) is 44.2 Å². The van der Waals surface area contributed by atoms with Crippen molar-refractivity contribution in [2.24, 2.45) is 0 Å². The minimum atomic E-state index is 0.498. The third kappa shape index (κ3) is 4.01. The van der Waals surface area contributed by atoms with Crippen LogP contribution in [0.15, 0.2) is 18.3 Å². The molecule has 1 atom stereocenters. The third-order valence-electron chi connectivity index (χ3n) is 3.18. The van der Waals surface area contributed by atoms with E-state index in [0.29, 0.717) is 11.7 Å². The first-order chi connectivity index (χ1) is 8.88. The van der Waals surface area contributed by atoms with Gasteiger partial charge in [-0.1, -0.05) is 0 Å². The zero-order chi connectivity index (χ0) is 12.6. The topological polar surface area (TPSA) is 57.9 Å². The SMILES string of the molecule is N#Cc1ccc(NCCCCC2CCCO2)nc1. The van der Waals surface area contributed by atoms with Crippen molar-refractivity contribution in [3.63, 3.8) is 0 Å². The maximum Gasteiger partial charge on any atom is 0.125 e. The normalized spacial score (nSPS) is 18.5. The predicted octanol–water partition coefficient (Wildman–Crippen LogP) is 2.71. The molecule has 4 heteroatoms. The molecule has 1 aromatic rings. The summed E-state index contributed by atoms with van der Waals surface area (Å²) in [6.07, 6.45) is 8.02. The number of unbranched alkanes of at least 4 members (excludes halogenated alkanes) is 1. The van der Waals surface area contributed by atoms with Crippen LogP contribution in [-0.4, -0.2) is 24.2 Å². The monoisotopic (exact) mass is 245 g/mol. The van der Waals surface area contributed by atoms with E-state index in [4.69, 9.17) is 10.00 Å². The van der Waals surface area contributed by atoms with E-state index in [0.717, 1.165) is 25.4 Å². The van der Waals surface area contributed by atoms with Crippen LogP contribution in [0.1, 0.15) is 37.7 Å². The second kappa shape index (κ2) is 6.97. The van der Waals surface area contributed by atoms with E-state index in [1.165, 1.54) is 25.7 Å². The lowest BCUT2D eigenvalue weighted by Gasteiger charge is -2.09. The largest absolute Gasteiger partial charge is 0.378 e. The molecule has 1 N–H and O–H groups in total. The van der Waals surface area contributed by atoms with Crippen molar-refractivity contribution in [3.05, 3.63) is 23.9 Å². The fourth-order valence-corrected chi connectivity index (χ4v) is 2.15. The van der Waals surface area contributed by atoms with Crippen molar-refractivity contribution < 1.29 is 4.74 Å². The molecule has 0 radical (unpaired) electrons. The molecule has 0 saturated carbocycles. The predicted molar refractivity (Wildman–Crippen MR) is 70.3 cm³/mol. The van der Waals surface area contributed by atoms with Crippen LogP contribution >= 0.6 is 0 Å². The maximum atomic E-state index is 8.66. The minimum absolute atomic E-state index is 0.498. The molecule has 0 amide bonds. The molecule has 1 aliphatic heterocycles. The lowest BCUT2D eigenvalue weighted by Crippen LogP contribution is -2.07. The molecule has 1 aliphatic rings. The van der Waals surface area contributed by atoms with Gasteiger partial charge in [0.1, 0.15) is 11.9 Å². The van der Waals surface area contributed by atoms with E-state index in [1.807, 2.05) is 6.07 Å². The highest BCUT2D eigenvalue weighted by molar-refractivity contribution is 5.38. The Kier molecular flexibility index (Phi) is 4.98. The van der Waals surface area contributed by atoms with Crippen LogP contribution in [0.2, 0.25) is 0 Å². The van der Waals surface area contributed by atoms with Gasteiger partial charge in [-0.3, -0.25) is 0 Å². The Hall–Kier alpha value is -1.60. The fraction of sp³-hybridized carbons (Fsp3) is 0.571. The number of nitrogens with one attached hydrogen (secondary N) is 1. The summed E-state index contributed by atoms with van der Waals surface area (Å²) in [4.78, 5) is 4.17. The summed E-state index contributed by atoms with van der Waals surface area (Å²) >= 11 is 0. The fourth-order valence-electron chi connectivity index (χ4n) is 2.15. The van der Waals surface area contributed by atoms with E-state index >= 15 is 0 Å². The molecule has 0 aromatic carbocycles. The molecule has 0 spiro atoms. The Balaban J connectivity index is 1.58. The van der Waals surface area contributed by atoms with Crippen molar-refractivity contribution in [1.82, 2.24) is 4.98 Å². The number of nitriles is 1. The molecule has 0 aliphatic carbocycles. The van der Waals surface area contributed by atoms with Gasteiger partial charge in [0, 0.05) is 19.3 Å². The van der Waals surface area contributed by atoms with E-state index in [1.54, 1.807) is 12.3 Å². The van der Waals surface area contributed by atoms with Crippen molar-refractivity contribution in [2.75, 3.05) is 18.5 Å². The number of pyridine rings is 1. The first-order valence-electron chi connectivity index (χ1n) is 6.60. The molecule has 1 aromatic heterocycles. The first kappa shape index (κ1) is 12.8. The summed E-state index contributed by atoms with van der Waals surface area (Å²) in [5, 5.41) is 11.9. The highest BCUT2D eigenvalue weighted by Crippen LogP contribution is 2.17. The summed E-state index contributed by atoms with van der Waals surface area (Å²) in [7, 11) is 0. The van der Waals surface area contributed by atoms with Crippen LogP contribution < -0.4 is 5.32 Å². The van der Waals surface area contributed by atoms with Crippen LogP contribution in [0.4, 0.5) is 5.82 Å². The first-order valence-corrected chi connectivity index (χ1v) is 6.60. The van der Waals surface area contributed by atoms with E-state index < -0.39 is 0 Å². The molecule has 4 nitrogen and oxygen atoms in total. The maximum absolute atomic E-state index is 8.66. The third-order valence-corrected chi connectivity index (χ3v) is 3.18. The molecule has 1 saturated heterocycles. The number of hydrogen-bond acceptors (Lipinski definition) is 4. The standard InChI is InChI=1S/C14H19N3O/c15-10-12-6-7-14(17-11-12)16-8-2-1-4-13-5-3-9-18-13/h6-7,11,13H,1-5,8-9H2,(H,16,17). The van der Waals surface area contributed by atoms with Crippen LogP contribution in [0.5, 0.6) is 0 Å². The van der Waals surface area contributed by atoms with Crippen molar-refractivity contribution in [2.45, 2.75) is 38.2 Å². The van der Waals surface area contributed by atoms with Crippen molar-refractivity contribution in [1.29, 1.82) is 5.26 Å². The molecular weight excluding hydrogens is 226 g/mol. The van der Waals surface area contributed by atoms with Gasteiger partial charge in [0.2, 0.25) is 0 Å². The minimum Gasteiger partial charge on any atom is -0.378 e. The molecule has 96 valence electrons. The molecule has 1 fully saturated rings. The van der Waals surface area contributed by atoms with Crippen molar-refractivity contribution in [3.8, 4) is 6.07 Å². The Morgan fingerprint density at radius 3 is 3.06 bits per heavy atom. The number of rotatable bonds is 6. The van der Waals surface area contributed by atoms with Gasteiger partial charge in [0.25, 0.3) is 0 Å². The van der Waals surface area contributed by atoms with Crippen LogP contribution in [0, 0.1) is 11.3 Å². The zero-order valence-corrected chi connectivity index (χ0v) is 10.6.